The molecule has 0 aliphatic rings. The van der Waals surface area contributed by atoms with Gasteiger partial charge >= 0.3 is 0 Å². The van der Waals surface area contributed by atoms with Crippen molar-refractivity contribution in [2.24, 2.45) is 12.8 Å². The molecule has 1 atom stereocenters. The summed E-state index contributed by atoms with van der Waals surface area (Å²) >= 11 is 0. The zero-order chi connectivity index (χ0) is 15.2. The van der Waals surface area contributed by atoms with Gasteiger partial charge in [0.15, 0.2) is 0 Å². The summed E-state index contributed by atoms with van der Waals surface area (Å²) in [5, 5.41) is 4.52. The average molecular weight is 287 g/mol. The van der Waals surface area contributed by atoms with Crippen LogP contribution in [-0.4, -0.2) is 39.8 Å². The molecule has 0 radical (unpaired) electrons. The summed E-state index contributed by atoms with van der Waals surface area (Å²) in [5.41, 5.74) is 9.50. The molecule has 2 heterocycles. The summed E-state index contributed by atoms with van der Waals surface area (Å²) in [4.78, 5) is 6.67. The summed E-state index contributed by atoms with van der Waals surface area (Å²) in [6.07, 6.45) is 5.79. The van der Waals surface area contributed by atoms with Gasteiger partial charge in [0, 0.05) is 50.2 Å². The second-order valence-electron chi connectivity index (χ2n) is 5.36. The monoisotopic (exact) mass is 287 g/mol. The SMILES string of the molecule is CCc1nn(C)cc1C(CN)N(C)CCc1ccccn1. The minimum atomic E-state index is 0.206. The van der Waals surface area contributed by atoms with E-state index in [-0.39, 0.29) is 6.04 Å². The Hall–Kier alpha value is -1.72. The summed E-state index contributed by atoms with van der Waals surface area (Å²) in [7, 11) is 4.08. The summed E-state index contributed by atoms with van der Waals surface area (Å²) in [5.74, 6) is 0. The van der Waals surface area contributed by atoms with Gasteiger partial charge in [0.1, 0.15) is 0 Å². The van der Waals surface area contributed by atoms with Crippen LogP contribution in [0.3, 0.4) is 0 Å². The first-order valence-corrected chi connectivity index (χ1v) is 7.48. The molecule has 0 bridgehead atoms. The fourth-order valence-electron chi connectivity index (χ4n) is 2.64. The molecule has 0 spiro atoms. The van der Waals surface area contributed by atoms with Crippen LogP contribution in [-0.2, 0) is 19.9 Å². The van der Waals surface area contributed by atoms with E-state index in [0.29, 0.717) is 6.54 Å². The second kappa shape index (κ2) is 7.33. The molecule has 0 saturated heterocycles. The van der Waals surface area contributed by atoms with Crippen molar-refractivity contribution in [1.82, 2.24) is 19.7 Å². The number of hydrogen-bond acceptors (Lipinski definition) is 4. The Morgan fingerprint density at radius 2 is 2.19 bits per heavy atom. The van der Waals surface area contributed by atoms with Gasteiger partial charge in [-0.15, -0.1) is 0 Å². The molecular formula is C16H25N5. The highest BCUT2D eigenvalue weighted by Crippen LogP contribution is 2.22. The fraction of sp³-hybridized carbons (Fsp3) is 0.500. The van der Waals surface area contributed by atoms with Crippen LogP contribution in [0.4, 0.5) is 0 Å². The van der Waals surface area contributed by atoms with Crippen molar-refractivity contribution in [3.63, 3.8) is 0 Å². The number of hydrogen-bond donors (Lipinski definition) is 1. The third-order valence-electron chi connectivity index (χ3n) is 3.83. The zero-order valence-corrected chi connectivity index (χ0v) is 13.2. The topological polar surface area (TPSA) is 60.0 Å². The molecule has 114 valence electrons. The number of pyridine rings is 1. The maximum absolute atomic E-state index is 6.01. The molecule has 2 rings (SSSR count). The number of nitrogens with zero attached hydrogens (tertiary/aromatic N) is 4. The maximum atomic E-state index is 6.01. The van der Waals surface area contributed by atoms with Gasteiger partial charge in [0.2, 0.25) is 0 Å². The van der Waals surface area contributed by atoms with Crippen LogP contribution in [0.2, 0.25) is 0 Å². The lowest BCUT2D eigenvalue weighted by molar-refractivity contribution is 0.251. The van der Waals surface area contributed by atoms with Crippen molar-refractivity contribution >= 4 is 0 Å². The standard InChI is InChI=1S/C16H25N5/c1-4-15-14(12-21(3)19-15)16(11-17)20(2)10-8-13-7-5-6-9-18-13/h5-7,9,12,16H,4,8,10-11,17H2,1-3H3. The van der Waals surface area contributed by atoms with Gasteiger partial charge in [-0.3, -0.25) is 14.6 Å². The van der Waals surface area contributed by atoms with Gasteiger partial charge in [-0.1, -0.05) is 13.0 Å². The number of nitrogens with two attached hydrogens (primary N) is 1. The van der Waals surface area contributed by atoms with Gasteiger partial charge in [-0.2, -0.15) is 5.10 Å². The van der Waals surface area contributed by atoms with Crippen LogP contribution >= 0.6 is 0 Å². The third-order valence-corrected chi connectivity index (χ3v) is 3.83. The highest BCUT2D eigenvalue weighted by molar-refractivity contribution is 5.22. The number of aromatic nitrogens is 3. The van der Waals surface area contributed by atoms with Crippen LogP contribution in [0.15, 0.2) is 30.6 Å². The highest BCUT2D eigenvalue weighted by Gasteiger charge is 2.20. The van der Waals surface area contributed by atoms with E-state index in [9.17, 15) is 0 Å². The third kappa shape index (κ3) is 3.89. The average Bonchev–Trinajstić information content (AvgIpc) is 2.88. The molecule has 0 amide bonds. The smallest absolute Gasteiger partial charge is 0.0670 e. The number of likely N-dealkylation sites (N-methyl/N-ethyl adjacent to an activating group) is 1. The first kappa shape index (κ1) is 15.7. The van der Waals surface area contributed by atoms with Crippen molar-refractivity contribution in [3.05, 3.63) is 47.5 Å². The molecule has 5 nitrogen and oxygen atoms in total. The lowest BCUT2D eigenvalue weighted by Crippen LogP contribution is -2.32. The zero-order valence-electron chi connectivity index (χ0n) is 13.2. The molecule has 2 aromatic heterocycles. The molecule has 0 aliphatic heterocycles. The van der Waals surface area contributed by atoms with E-state index in [1.165, 1.54) is 5.56 Å². The van der Waals surface area contributed by atoms with Gasteiger partial charge in [-0.05, 0) is 25.6 Å². The predicted octanol–water partition coefficient (Wildman–Crippen LogP) is 1.55. The molecule has 0 saturated carbocycles. The molecule has 21 heavy (non-hydrogen) atoms. The molecule has 0 aromatic carbocycles. The van der Waals surface area contributed by atoms with Crippen molar-refractivity contribution in [2.45, 2.75) is 25.8 Å². The van der Waals surface area contributed by atoms with E-state index in [4.69, 9.17) is 5.73 Å². The van der Waals surface area contributed by atoms with E-state index in [0.717, 1.165) is 30.8 Å². The maximum Gasteiger partial charge on any atom is 0.0670 e. The molecule has 2 aromatic rings. The number of rotatable bonds is 7. The van der Waals surface area contributed by atoms with Gasteiger partial charge in [0.05, 0.1) is 11.7 Å². The van der Waals surface area contributed by atoms with E-state index in [1.807, 2.05) is 30.1 Å². The van der Waals surface area contributed by atoms with Crippen LogP contribution < -0.4 is 5.73 Å². The van der Waals surface area contributed by atoms with Crippen molar-refractivity contribution in [3.8, 4) is 0 Å². The quantitative estimate of drug-likeness (QED) is 0.839. The van der Waals surface area contributed by atoms with Gasteiger partial charge in [0.25, 0.3) is 0 Å². The molecule has 0 aliphatic carbocycles. The number of aryl methyl sites for hydroxylation is 2. The predicted molar refractivity (Wildman–Crippen MR) is 85.0 cm³/mol. The van der Waals surface area contributed by atoms with Crippen molar-refractivity contribution in [2.75, 3.05) is 20.1 Å². The second-order valence-corrected chi connectivity index (χ2v) is 5.36. The molecular weight excluding hydrogens is 262 g/mol. The van der Waals surface area contributed by atoms with Crippen LogP contribution in [0.25, 0.3) is 0 Å². The van der Waals surface area contributed by atoms with E-state index >= 15 is 0 Å². The van der Waals surface area contributed by atoms with Crippen molar-refractivity contribution in [1.29, 1.82) is 0 Å². The van der Waals surface area contributed by atoms with Gasteiger partial charge in [-0.25, -0.2) is 0 Å². The van der Waals surface area contributed by atoms with Crippen LogP contribution in [0.1, 0.15) is 29.9 Å². The fourth-order valence-corrected chi connectivity index (χ4v) is 2.64. The highest BCUT2D eigenvalue weighted by atomic mass is 15.3. The summed E-state index contributed by atoms with van der Waals surface area (Å²) in [6, 6.07) is 6.24. The molecule has 0 fully saturated rings. The van der Waals surface area contributed by atoms with E-state index < -0.39 is 0 Å². The van der Waals surface area contributed by atoms with E-state index in [1.54, 1.807) is 0 Å². The first-order chi connectivity index (χ1) is 10.2. The van der Waals surface area contributed by atoms with E-state index in [2.05, 4.69) is 41.2 Å². The first-order valence-electron chi connectivity index (χ1n) is 7.48. The van der Waals surface area contributed by atoms with Crippen LogP contribution in [0, 0.1) is 0 Å². The summed E-state index contributed by atoms with van der Waals surface area (Å²) < 4.78 is 1.88. The Morgan fingerprint density at radius 1 is 1.38 bits per heavy atom. The molecule has 2 N–H and O–H groups in total. The minimum Gasteiger partial charge on any atom is -0.329 e. The molecule has 1 unspecified atom stereocenters. The Balaban J connectivity index is 2.06. The Bertz CT molecular complexity index is 549. The Labute approximate surface area is 126 Å². The lowest BCUT2D eigenvalue weighted by atomic mass is 10.0. The van der Waals surface area contributed by atoms with Crippen molar-refractivity contribution < 1.29 is 0 Å². The largest absolute Gasteiger partial charge is 0.329 e. The Morgan fingerprint density at radius 3 is 2.81 bits per heavy atom. The molecule has 5 heteroatoms. The summed E-state index contributed by atoms with van der Waals surface area (Å²) in [6.45, 7) is 3.65. The van der Waals surface area contributed by atoms with Crippen LogP contribution in [0.5, 0.6) is 0 Å². The van der Waals surface area contributed by atoms with Gasteiger partial charge < -0.3 is 5.73 Å². The lowest BCUT2D eigenvalue weighted by Gasteiger charge is -2.26. The Kier molecular flexibility index (Phi) is 5.47. The normalized spacial score (nSPS) is 12.8. The minimum absolute atomic E-state index is 0.206.